The summed E-state index contributed by atoms with van der Waals surface area (Å²) in [7, 11) is 0. The van der Waals surface area contributed by atoms with Crippen LogP contribution in [-0.4, -0.2) is 35.6 Å². The molecule has 1 aromatic heterocycles. The summed E-state index contributed by atoms with van der Waals surface area (Å²) in [6.45, 7) is 3.96. The highest BCUT2D eigenvalue weighted by molar-refractivity contribution is 5.91. The number of nitrogens with two attached hydrogens (primary N) is 1. The molecule has 1 unspecified atom stereocenters. The topological polar surface area (TPSA) is 72.4 Å². The van der Waals surface area contributed by atoms with Gasteiger partial charge >= 0.3 is 0 Å². The zero-order valence-electron chi connectivity index (χ0n) is 9.48. The fourth-order valence-corrected chi connectivity index (χ4v) is 2.06. The highest BCUT2D eigenvalue weighted by Gasteiger charge is 2.25. The van der Waals surface area contributed by atoms with E-state index in [-0.39, 0.29) is 5.91 Å². The summed E-state index contributed by atoms with van der Waals surface area (Å²) in [5.74, 6) is 0.677. The Labute approximate surface area is 94.6 Å². The highest BCUT2D eigenvalue weighted by atomic mass is 16.5. The second kappa shape index (κ2) is 4.65. The van der Waals surface area contributed by atoms with Crippen LogP contribution in [0.3, 0.4) is 0 Å². The van der Waals surface area contributed by atoms with Crippen molar-refractivity contribution in [3.8, 4) is 0 Å². The molecule has 0 aromatic carbocycles. The summed E-state index contributed by atoms with van der Waals surface area (Å²) < 4.78 is 4.98. The third-order valence-electron chi connectivity index (χ3n) is 2.98. The van der Waals surface area contributed by atoms with Crippen LogP contribution in [0.1, 0.15) is 29.1 Å². The Balaban J connectivity index is 2.04. The molecule has 5 heteroatoms. The van der Waals surface area contributed by atoms with Gasteiger partial charge in [0, 0.05) is 19.2 Å². The van der Waals surface area contributed by atoms with Crippen LogP contribution in [-0.2, 0) is 0 Å². The molecule has 1 saturated heterocycles. The number of nitrogens with zero attached hydrogens (tertiary/aromatic N) is 2. The van der Waals surface area contributed by atoms with Crippen LogP contribution in [0.5, 0.6) is 0 Å². The maximum Gasteiger partial charge on any atom is 0.292 e. The van der Waals surface area contributed by atoms with Crippen molar-refractivity contribution in [3.05, 3.63) is 17.5 Å². The van der Waals surface area contributed by atoms with Crippen molar-refractivity contribution in [2.24, 2.45) is 11.7 Å². The predicted molar refractivity (Wildman–Crippen MR) is 58.9 cm³/mol. The zero-order valence-corrected chi connectivity index (χ0v) is 9.48. The predicted octanol–water partition coefficient (Wildman–Crippen LogP) is 0.794. The normalized spacial score (nSPS) is 21.1. The number of aryl methyl sites for hydroxylation is 1. The average Bonchev–Trinajstić information content (AvgIpc) is 2.75. The number of likely N-dealkylation sites (tertiary alicyclic amines) is 1. The third kappa shape index (κ3) is 2.24. The Hall–Kier alpha value is -1.36. The van der Waals surface area contributed by atoms with E-state index in [2.05, 4.69) is 5.16 Å². The number of piperidine rings is 1. The lowest BCUT2D eigenvalue weighted by Gasteiger charge is -2.31. The molecular weight excluding hydrogens is 206 g/mol. The van der Waals surface area contributed by atoms with Crippen LogP contribution in [0.15, 0.2) is 10.6 Å². The van der Waals surface area contributed by atoms with Gasteiger partial charge < -0.3 is 15.2 Å². The number of hydrogen-bond acceptors (Lipinski definition) is 4. The van der Waals surface area contributed by atoms with E-state index in [9.17, 15) is 4.79 Å². The van der Waals surface area contributed by atoms with Gasteiger partial charge in [-0.05, 0) is 32.2 Å². The van der Waals surface area contributed by atoms with Crippen molar-refractivity contribution in [1.82, 2.24) is 10.1 Å². The maximum atomic E-state index is 12.0. The molecule has 2 N–H and O–H groups in total. The molecule has 1 fully saturated rings. The minimum atomic E-state index is -0.0706. The first-order valence-corrected chi connectivity index (χ1v) is 5.63. The van der Waals surface area contributed by atoms with E-state index in [1.807, 2.05) is 0 Å². The van der Waals surface area contributed by atoms with E-state index in [1.165, 1.54) is 0 Å². The number of carbonyl (C=O) groups excluding carboxylic acids is 1. The zero-order chi connectivity index (χ0) is 11.5. The minimum absolute atomic E-state index is 0.0706. The van der Waals surface area contributed by atoms with E-state index < -0.39 is 0 Å². The smallest absolute Gasteiger partial charge is 0.292 e. The molecular formula is C11H17N3O2. The van der Waals surface area contributed by atoms with Crippen LogP contribution < -0.4 is 5.73 Å². The quantitative estimate of drug-likeness (QED) is 0.804. The summed E-state index contributed by atoms with van der Waals surface area (Å²) >= 11 is 0. The maximum absolute atomic E-state index is 12.0. The number of amides is 1. The summed E-state index contributed by atoms with van der Waals surface area (Å²) in [5.41, 5.74) is 6.37. The fraction of sp³-hybridized carbons (Fsp3) is 0.636. The Bertz CT molecular complexity index is 375. The molecule has 0 bridgehead atoms. The fourth-order valence-electron chi connectivity index (χ4n) is 2.06. The molecule has 0 spiro atoms. The summed E-state index contributed by atoms with van der Waals surface area (Å²) in [6, 6.07) is 1.67. The van der Waals surface area contributed by atoms with Gasteiger partial charge in [-0.3, -0.25) is 4.79 Å². The lowest BCUT2D eigenvalue weighted by Crippen LogP contribution is -2.41. The summed E-state index contributed by atoms with van der Waals surface area (Å²) in [5, 5.41) is 3.72. The first-order chi connectivity index (χ1) is 7.70. The van der Waals surface area contributed by atoms with Crippen LogP contribution in [0.25, 0.3) is 0 Å². The molecule has 2 rings (SSSR count). The molecule has 88 valence electrons. The molecule has 1 amide bonds. The first-order valence-electron chi connectivity index (χ1n) is 5.63. The molecule has 1 aliphatic heterocycles. The van der Waals surface area contributed by atoms with Crippen molar-refractivity contribution in [2.45, 2.75) is 19.8 Å². The van der Waals surface area contributed by atoms with Gasteiger partial charge in [0.1, 0.15) is 0 Å². The standard InChI is InChI=1S/C11H17N3O2/c1-8-5-10(16-13-8)11(15)14-4-2-3-9(6-12)7-14/h5,9H,2-4,6-7,12H2,1H3. The van der Waals surface area contributed by atoms with Crippen LogP contribution in [0.2, 0.25) is 0 Å². The van der Waals surface area contributed by atoms with Crippen LogP contribution in [0.4, 0.5) is 0 Å². The van der Waals surface area contributed by atoms with E-state index in [0.717, 1.165) is 31.6 Å². The highest BCUT2D eigenvalue weighted by Crippen LogP contribution is 2.17. The van der Waals surface area contributed by atoms with Crippen molar-refractivity contribution >= 4 is 5.91 Å². The Morgan fingerprint density at radius 1 is 1.75 bits per heavy atom. The minimum Gasteiger partial charge on any atom is -0.351 e. The van der Waals surface area contributed by atoms with Crippen LogP contribution >= 0.6 is 0 Å². The van der Waals surface area contributed by atoms with E-state index in [1.54, 1.807) is 17.9 Å². The van der Waals surface area contributed by atoms with E-state index >= 15 is 0 Å². The average molecular weight is 223 g/mol. The van der Waals surface area contributed by atoms with Crippen molar-refractivity contribution in [3.63, 3.8) is 0 Å². The van der Waals surface area contributed by atoms with Gasteiger partial charge in [0.05, 0.1) is 5.69 Å². The molecule has 1 aliphatic rings. The Morgan fingerprint density at radius 2 is 2.56 bits per heavy atom. The number of hydrogen-bond donors (Lipinski definition) is 1. The first kappa shape index (κ1) is 11.1. The second-order valence-electron chi connectivity index (χ2n) is 4.33. The molecule has 0 aliphatic carbocycles. The Kier molecular flexibility index (Phi) is 3.24. The SMILES string of the molecule is Cc1cc(C(=O)N2CCCC(CN)C2)on1. The van der Waals surface area contributed by atoms with Gasteiger partial charge in [-0.25, -0.2) is 0 Å². The van der Waals surface area contributed by atoms with Gasteiger partial charge in [0.25, 0.3) is 5.91 Å². The number of rotatable bonds is 2. The number of carbonyl (C=O) groups is 1. The molecule has 5 nitrogen and oxygen atoms in total. The molecule has 1 atom stereocenters. The van der Waals surface area contributed by atoms with Gasteiger partial charge in [-0.15, -0.1) is 0 Å². The summed E-state index contributed by atoms with van der Waals surface area (Å²) in [6.07, 6.45) is 2.12. The lowest BCUT2D eigenvalue weighted by atomic mass is 9.98. The van der Waals surface area contributed by atoms with Crippen LogP contribution in [0, 0.1) is 12.8 Å². The van der Waals surface area contributed by atoms with Gasteiger partial charge in [-0.2, -0.15) is 0 Å². The monoisotopic (exact) mass is 223 g/mol. The lowest BCUT2D eigenvalue weighted by molar-refractivity contribution is 0.0636. The van der Waals surface area contributed by atoms with Crippen molar-refractivity contribution < 1.29 is 9.32 Å². The van der Waals surface area contributed by atoms with Gasteiger partial charge in [-0.1, -0.05) is 5.16 Å². The molecule has 1 aromatic rings. The van der Waals surface area contributed by atoms with E-state index in [4.69, 9.17) is 10.3 Å². The van der Waals surface area contributed by atoms with Crippen molar-refractivity contribution in [2.75, 3.05) is 19.6 Å². The number of aromatic nitrogens is 1. The van der Waals surface area contributed by atoms with Gasteiger partial charge in [0.2, 0.25) is 5.76 Å². The molecule has 16 heavy (non-hydrogen) atoms. The van der Waals surface area contributed by atoms with Gasteiger partial charge in [0.15, 0.2) is 0 Å². The summed E-state index contributed by atoms with van der Waals surface area (Å²) in [4.78, 5) is 13.8. The Morgan fingerprint density at radius 3 is 3.19 bits per heavy atom. The van der Waals surface area contributed by atoms with Crippen molar-refractivity contribution in [1.29, 1.82) is 0 Å². The molecule has 0 radical (unpaired) electrons. The second-order valence-corrected chi connectivity index (χ2v) is 4.33. The largest absolute Gasteiger partial charge is 0.351 e. The molecule has 0 saturated carbocycles. The third-order valence-corrected chi connectivity index (χ3v) is 2.98. The molecule has 2 heterocycles. The van der Waals surface area contributed by atoms with E-state index in [0.29, 0.717) is 18.2 Å².